The number of halogens is 2. The summed E-state index contributed by atoms with van der Waals surface area (Å²) < 4.78 is 35.4. The van der Waals surface area contributed by atoms with Crippen molar-refractivity contribution in [2.75, 3.05) is 31.2 Å². The Morgan fingerprint density at radius 1 is 1.16 bits per heavy atom. The number of alkyl carbamates (subject to hydrolysis) is 1. The second-order valence-electron chi connectivity index (χ2n) is 16.0. The van der Waals surface area contributed by atoms with Gasteiger partial charge in [0.2, 0.25) is 5.91 Å². The minimum Gasteiger partial charge on any atom is -0.444 e. The molecule has 3 unspecified atom stereocenters. The average Bonchev–Trinajstić information content (AvgIpc) is 3.37. The van der Waals surface area contributed by atoms with Gasteiger partial charge < -0.3 is 25.0 Å². The molecular weight excluding hydrogens is 673 g/mol. The zero-order valence-corrected chi connectivity index (χ0v) is 32.6. The molecule has 0 aromatic heterocycles. The number of nitrogens with zero attached hydrogens (tertiary/aromatic N) is 2. The summed E-state index contributed by atoms with van der Waals surface area (Å²) in [6.45, 7) is 16.7. The van der Waals surface area contributed by atoms with E-state index in [9.17, 15) is 23.9 Å². The highest BCUT2D eigenvalue weighted by atomic mass is 32.2. The van der Waals surface area contributed by atoms with Gasteiger partial charge in [0.25, 0.3) is 0 Å². The number of thioether (sulfide) groups is 1. The molecule has 8 nitrogen and oxygen atoms in total. The van der Waals surface area contributed by atoms with E-state index in [-0.39, 0.29) is 42.2 Å². The van der Waals surface area contributed by atoms with Crippen molar-refractivity contribution in [2.45, 2.75) is 117 Å². The van der Waals surface area contributed by atoms with Crippen LogP contribution in [0.25, 0.3) is 0 Å². The number of Topliss-reactive ketones (excluding diaryl/α,β-unsaturated/α-hetero) is 1. The molecular formula is C40H59F2N3O5S. The fraction of sp³-hybridized carbons (Fsp3) is 0.625. The molecule has 11 heteroatoms. The van der Waals surface area contributed by atoms with Crippen LogP contribution < -0.4 is 5.32 Å². The zero-order valence-electron chi connectivity index (χ0n) is 31.8. The first kappa shape index (κ1) is 42.2. The lowest BCUT2D eigenvalue weighted by Crippen LogP contribution is -2.64. The number of aliphatic hydroxyl groups excluding tert-OH is 1. The van der Waals surface area contributed by atoms with Crippen LogP contribution in [0.3, 0.4) is 0 Å². The van der Waals surface area contributed by atoms with Gasteiger partial charge in [-0.05, 0) is 80.7 Å². The Morgan fingerprint density at radius 3 is 2.45 bits per heavy atom. The number of nitrogens with one attached hydrogen (secondary N) is 1. The van der Waals surface area contributed by atoms with Crippen LogP contribution in [0.5, 0.6) is 0 Å². The SMILES string of the molecule is CCC(CCNC(=O)OC(C)(C)C)CN(C(=O)CSCCC(=O)CO)[C@H](C(C)(C)C)C1(C)CC(C2=CC(F)=CCC2F)=CN1Cc1ccccc1. The van der Waals surface area contributed by atoms with Crippen molar-refractivity contribution in [3.05, 3.63) is 71.2 Å². The number of ketones is 1. The Bertz CT molecular complexity index is 1440. The summed E-state index contributed by atoms with van der Waals surface area (Å²) in [5.41, 5.74) is 0.304. The number of ether oxygens (including phenoxy) is 1. The predicted molar refractivity (Wildman–Crippen MR) is 202 cm³/mol. The van der Waals surface area contributed by atoms with E-state index < -0.39 is 41.3 Å². The van der Waals surface area contributed by atoms with Crippen LogP contribution in [0, 0.1) is 11.3 Å². The molecule has 4 atom stereocenters. The minimum absolute atomic E-state index is 0.0246. The van der Waals surface area contributed by atoms with E-state index in [1.165, 1.54) is 23.9 Å². The Morgan fingerprint density at radius 2 is 1.84 bits per heavy atom. The molecule has 0 fully saturated rings. The standard InChI is InChI=1S/C40H59F2N3O5S/c1-9-28(17-19-43-37(49)50-39(5,6)7)24-45(35(48)27-51-20-18-32(47)26-46)36(38(2,3)4)40(8)22-30(33-21-31(41)15-16-34(33)42)25-44(40)23-29-13-11-10-12-14-29/h10-15,21,25,28,34,36,46H,9,16-20,22-24,26-27H2,1-8H3,(H,43,49)/t28?,34?,36-,40?/m1/s1. The quantitative estimate of drug-likeness (QED) is 0.157. The molecule has 2 N–H and O–H groups in total. The highest BCUT2D eigenvalue weighted by Crippen LogP contribution is 2.48. The van der Waals surface area contributed by atoms with E-state index in [0.29, 0.717) is 43.8 Å². The van der Waals surface area contributed by atoms with E-state index in [4.69, 9.17) is 4.74 Å². The van der Waals surface area contributed by atoms with Gasteiger partial charge in [0.1, 0.15) is 24.2 Å². The second kappa shape index (κ2) is 18.5. The number of alkyl halides is 1. The highest BCUT2D eigenvalue weighted by molar-refractivity contribution is 7.99. The molecule has 2 amide bonds. The van der Waals surface area contributed by atoms with Crippen LogP contribution in [-0.4, -0.2) is 87.2 Å². The van der Waals surface area contributed by atoms with Gasteiger partial charge >= 0.3 is 6.09 Å². The molecule has 0 radical (unpaired) electrons. The van der Waals surface area contributed by atoms with Crippen molar-refractivity contribution in [2.24, 2.45) is 11.3 Å². The second-order valence-corrected chi connectivity index (χ2v) is 17.1. The molecule has 0 saturated carbocycles. The van der Waals surface area contributed by atoms with Crippen LogP contribution in [0.15, 0.2) is 65.7 Å². The topological polar surface area (TPSA) is 99.2 Å². The fourth-order valence-electron chi connectivity index (χ4n) is 7.23. The third kappa shape index (κ3) is 12.5. The number of allylic oxidation sites excluding steroid dienone is 4. The van der Waals surface area contributed by atoms with Crippen LogP contribution in [0.2, 0.25) is 0 Å². The number of amides is 2. The van der Waals surface area contributed by atoms with Crippen LogP contribution in [0.4, 0.5) is 13.6 Å². The summed E-state index contributed by atoms with van der Waals surface area (Å²) in [4.78, 5) is 42.9. The number of rotatable bonds is 17. The summed E-state index contributed by atoms with van der Waals surface area (Å²) in [7, 11) is 0. The van der Waals surface area contributed by atoms with Crippen molar-refractivity contribution in [1.82, 2.24) is 15.1 Å². The third-order valence-electron chi connectivity index (χ3n) is 9.45. The average molecular weight is 732 g/mol. The molecule has 284 valence electrons. The molecule has 1 aromatic rings. The molecule has 0 spiro atoms. The summed E-state index contributed by atoms with van der Waals surface area (Å²) in [6, 6.07) is 9.60. The van der Waals surface area contributed by atoms with Crippen molar-refractivity contribution in [1.29, 1.82) is 0 Å². The number of hydrogen-bond acceptors (Lipinski definition) is 7. The first-order chi connectivity index (χ1) is 23.9. The monoisotopic (exact) mass is 731 g/mol. The predicted octanol–water partition coefficient (Wildman–Crippen LogP) is 7.93. The molecule has 3 rings (SSSR count). The van der Waals surface area contributed by atoms with Crippen LogP contribution in [-0.2, 0) is 20.9 Å². The van der Waals surface area contributed by atoms with Crippen LogP contribution >= 0.6 is 11.8 Å². The van der Waals surface area contributed by atoms with Gasteiger partial charge in [0.05, 0.1) is 17.3 Å². The maximum atomic E-state index is 15.5. The summed E-state index contributed by atoms with van der Waals surface area (Å²) in [5, 5.41) is 12.0. The molecule has 0 bridgehead atoms. The molecule has 1 heterocycles. The maximum absolute atomic E-state index is 15.5. The van der Waals surface area contributed by atoms with Gasteiger partial charge in [0, 0.05) is 44.4 Å². The van der Waals surface area contributed by atoms with Gasteiger partial charge in [-0.25, -0.2) is 13.6 Å². The summed E-state index contributed by atoms with van der Waals surface area (Å²) >= 11 is 1.36. The van der Waals surface area contributed by atoms with E-state index in [1.807, 2.05) is 62.2 Å². The summed E-state index contributed by atoms with van der Waals surface area (Å²) in [5.74, 6) is -0.227. The van der Waals surface area contributed by atoms with Gasteiger partial charge in [-0.2, -0.15) is 11.8 Å². The van der Waals surface area contributed by atoms with Crippen molar-refractivity contribution in [3.63, 3.8) is 0 Å². The van der Waals surface area contributed by atoms with Gasteiger partial charge in [-0.15, -0.1) is 0 Å². The molecule has 51 heavy (non-hydrogen) atoms. The van der Waals surface area contributed by atoms with Crippen LogP contribution in [0.1, 0.15) is 93.1 Å². The van der Waals surface area contributed by atoms with Gasteiger partial charge in [-0.3, -0.25) is 9.59 Å². The normalized spacial score (nSPS) is 20.6. The zero-order chi connectivity index (χ0) is 38.0. The van der Waals surface area contributed by atoms with E-state index >= 15 is 4.39 Å². The lowest BCUT2D eigenvalue weighted by molar-refractivity contribution is -0.139. The Labute approximate surface area is 308 Å². The number of carbonyl (C=O) groups excluding carboxylic acids is 3. The van der Waals surface area contributed by atoms with E-state index in [1.54, 1.807) is 0 Å². The van der Waals surface area contributed by atoms with Gasteiger partial charge in [0.15, 0.2) is 5.78 Å². The largest absolute Gasteiger partial charge is 0.444 e. The van der Waals surface area contributed by atoms with Gasteiger partial charge in [-0.1, -0.05) is 64.4 Å². The first-order valence-corrected chi connectivity index (χ1v) is 19.2. The highest BCUT2D eigenvalue weighted by Gasteiger charge is 2.52. The molecule has 1 aliphatic carbocycles. The van der Waals surface area contributed by atoms with E-state index in [2.05, 4.69) is 44.8 Å². The number of hydrogen-bond donors (Lipinski definition) is 2. The third-order valence-corrected chi connectivity index (χ3v) is 10.4. The Kier molecular flexibility index (Phi) is 15.4. The van der Waals surface area contributed by atoms with Crippen molar-refractivity contribution >= 4 is 29.5 Å². The number of aliphatic hydroxyl groups is 1. The number of benzene rings is 1. The van der Waals surface area contributed by atoms with Crippen molar-refractivity contribution < 1.29 is 33.0 Å². The Balaban J connectivity index is 2.03. The van der Waals surface area contributed by atoms with E-state index in [0.717, 1.165) is 17.6 Å². The fourth-order valence-corrected chi connectivity index (χ4v) is 8.09. The minimum atomic E-state index is -1.33. The first-order valence-electron chi connectivity index (χ1n) is 18.1. The molecule has 1 aliphatic heterocycles. The number of carbonyl (C=O) groups is 3. The smallest absolute Gasteiger partial charge is 0.407 e. The molecule has 1 aromatic carbocycles. The maximum Gasteiger partial charge on any atom is 0.407 e. The lowest BCUT2D eigenvalue weighted by Gasteiger charge is -2.54. The molecule has 0 saturated heterocycles. The summed E-state index contributed by atoms with van der Waals surface area (Å²) in [6.07, 6.45) is 4.64. The lowest BCUT2D eigenvalue weighted by atomic mass is 9.70. The van der Waals surface area contributed by atoms with Crippen molar-refractivity contribution in [3.8, 4) is 0 Å². The Hall–Kier alpha value is -3.18. The molecule has 2 aliphatic rings.